The second kappa shape index (κ2) is 2.67. The van der Waals surface area contributed by atoms with E-state index in [9.17, 15) is 9.59 Å². The van der Waals surface area contributed by atoms with Crippen LogP contribution in [0.1, 0.15) is 6.92 Å². The Labute approximate surface area is 75.2 Å². The zero-order chi connectivity index (χ0) is 9.59. The molecule has 4 heteroatoms. The van der Waals surface area contributed by atoms with Gasteiger partial charge in [0.1, 0.15) is 5.78 Å². The van der Waals surface area contributed by atoms with E-state index in [1.807, 2.05) is 0 Å². The summed E-state index contributed by atoms with van der Waals surface area (Å²) in [5.41, 5.74) is 0. The Kier molecular flexibility index (Phi) is 1.73. The van der Waals surface area contributed by atoms with Gasteiger partial charge in [0.15, 0.2) is 0 Å². The highest BCUT2D eigenvalue weighted by Gasteiger charge is 2.51. The van der Waals surface area contributed by atoms with Crippen LogP contribution in [0, 0.1) is 11.8 Å². The molecule has 2 aliphatic heterocycles. The van der Waals surface area contributed by atoms with Gasteiger partial charge in [0.25, 0.3) is 0 Å². The molecule has 0 amide bonds. The molecule has 4 nitrogen and oxygen atoms in total. The number of carbonyl (C=O) groups excluding carboxylic acids is 1. The number of rotatable bonds is 2. The molecule has 1 saturated heterocycles. The number of hydrogen-bond donors (Lipinski definition) is 1. The van der Waals surface area contributed by atoms with E-state index in [0.717, 1.165) is 0 Å². The first-order valence-corrected chi connectivity index (χ1v) is 4.18. The number of hydrogen-bond acceptors (Lipinski definition) is 3. The van der Waals surface area contributed by atoms with Gasteiger partial charge in [0.05, 0.1) is 24.0 Å². The van der Waals surface area contributed by atoms with Crippen molar-refractivity contribution in [2.75, 3.05) is 0 Å². The Balaban J connectivity index is 2.30. The quantitative estimate of drug-likeness (QED) is 0.621. The van der Waals surface area contributed by atoms with E-state index in [1.165, 1.54) is 6.92 Å². The molecule has 2 unspecified atom stereocenters. The summed E-state index contributed by atoms with van der Waals surface area (Å²) in [7, 11) is 0. The monoisotopic (exact) mass is 182 g/mol. The summed E-state index contributed by atoms with van der Waals surface area (Å²) in [6, 6.07) is 0. The Hall–Kier alpha value is -1.16. The number of carbonyl (C=O) groups is 2. The average Bonchev–Trinajstić information content (AvgIpc) is 2.60. The third-order valence-corrected chi connectivity index (χ3v) is 2.65. The van der Waals surface area contributed by atoms with Crippen LogP contribution in [-0.4, -0.2) is 29.1 Å². The van der Waals surface area contributed by atoms with Gasteiger partial charge in [-0.15, -0.1) is 0 Å². The highest BCUT2D eigenvalue weighted by molar-refractivity contribution is 5.87. The number of fused-ring (bicyclic) bond motifs is 2. The first-order chi connectivity index (χ1) is 6.11. The van der Waals surface area contributed by atoms with E-state index in [2.05, 4.69) is 0 Å². The number of carboxylic acid groups (broad SMARTS) is 1. The van der Waals surface area contributed by atoms with Gasteiger partial charge < -0.3 is 9.84 Å². The molecule has 0 aromatic rings. The molecular formula is C9H10O4. The molecule has 0 spiro atoms. The van der Waals surface area contributed by atoms with E-state index < -0.39 is 23.9 Å². The lowest BCUT2D eigenvalue weighted by atomic mass is 9.81. The van der Waals surface area contributed by atoms with Crippen LogP contribution in [0.3, 0.4) is 0 Å². The highest BCUT2D eigenvalue weighted by atomic mass is 16.5. The van der Waals surface area contributed by atoms with Crippen LogP contribution in [0.4, 0.5) is 0 Å². The van der Waals surface area contributed by atoms with Crippen molar-refractivity contribution in [2.45, 2.75) is 19.1 Å². The SMILES string of the molecule is CC(=O)C1C(C(=O)O)[C@H]2C=C[C@@H]1O2. The van der Waals surface area contributed by atoms with E-state index >= 15 is 0 Å². The zero-order valence-corrected chi connectivity index (χ0v) is 7.14. The van der Waals surface area contributed by atoms with Gasteiger partial charge in [-0.05, 0) is 6.92 Å². The third-order valence-electron chi connectivity index (χ3n) is 2.65. The van der Waals surface area contributed by atoms with Crippen molar-refractivity contribution in [3.8, 4) is 0 Å². The molecule has 1 fully saturated rings. The Morgan fingerprint density at radius 2 is 1.77 bits per heavy atom. The summed E-state index contributed by atoms with van der Waals surface area (Å²) >= 11 is 0. The van der Waals surface area contributed by atoms with Gasteiger partial charge >= 0.3 is 5.97 Å². The fraction of sp³-hybridized carbons (Fsp3) is 0.556. The van der Waals surface area contributed by atoms with E-state index in [4.69, 9.17) is 9.84 Å². The first kappa shape index (κ1) is 8.44. The van der Waals surface area contributed by atoms with Crippen LogP contribution in [0.2, 0.25) is 0 Å². The van der Waals surface area contributed by atoms with Crippen molar-refractivity contribution in [2.24, 2.45) is 11.8 Å². The molecule has 4 atom stereocenters. The predicted molar refractivity (Wildman–Crippen MR) is 43.1 cm³/mol. The van der Waals surface area contributed by atoms with E-state index in [1.54, 1.807) is 12.2 Å². The summed E-state index contributed by atoms with van der Waals surface area (Å²) in [5.74, 6) is -2.23. The minimum absolute atomic E-state index is 0.107. The lowest BCUT2D eigenvalue weighted by Gasteiger charge is -2.18. The summed E-state index contributed by atoms with van der Waals surface area (Å²) in [6.07, 6.45) is 2.78. The topological polar surface area (TPSA) is 63.6 Å². The lowest BCUT2D eigenvalue weighted by Crippen LogP contribution is -2.35. The van der Waals surface area contributed by atoms with Crippen molar-refractivity contribution < 1.29 is 19.4 Å². The number of aliphatic carboxylic acids is 1. The van der Waals surface area contributed by atoms with Crippen LogP contribution in [0.25, 0.3) is 0 Å². The van der Waals surface area contributed by atoms with Crippen LogP contribution in [-0.2, 0) is 14.3 Å². The Morgan fingerprint density at radius 3 is 2.15 bits per heavy atom. The molecule has 1 N–H and O–H groups in total. The van der Waals surface area contributed by atoms with Gasteiger partial charge in [0, 0.05) is 0 Å². The molecule has 2 heterocycles. The standard InChI is InChI=1S/C9H10O4/c1-4(10)7-5-2-3-6(13-5)8(7)9(11)12/h2-3,5-8H,1H3,(H,11,12)/t5-,6+,7?,8?/m0/s1. The van der Waals surface area contributed by atoms with Crippen LogP contribution in [0.15, 0.2) is 12.2 Å². The first-order valence-electron chi connectivity index (χ1n) is 4.18. The minimum atomic E-state index is -0.947. The van der Waals surface area contributed by atoms with Gasteiger partial charge in [0.2, 0.25) is 0 Å². The molecule has 0 radical (unpaired) electrons. The van der Waals surface area contributed by atoms with Crippen LogP contribution in [0.5, 0.6) is 0 Å². The van der Waals surface area contributed by atoms with Gasteiger partial charge in [-0.3, -0.25) is 9.59 Å². The molecule has 13 heavy (non-hydrogen) atoms. The molecule has 2 rings (SSSR count). The summed E-state index contributed by atoms with van der Waals surface area (Å²) in [5, 5.41) is 8.89. The van der Waals surface area contributed by atoms with Crippen molar-refractivity contribution in [1.29, 1.82) is 0 Å². The molecule has 2 aliphatic rings. The molecular weight excluding hydrogens is 172 g/mol. The maximum atomic E-state index is 11.2. The van der Waals surface area contributed by atoms with Gasteiger partial charge in [-0.25, -0.2) is 0 Å². The van der Waals surface area contributed by atoms with Gasteiger partial charge in [-0.2, -0.15) is 0 Å². The smallest absolute Gasteiger partial charge is 0.310 e. The number of carboxylic acids is 1. The predicted octanol–water partition coefficient (Wildman–Crippen LogP) is 0.230. The largest absolute Gasteiger partial charge is 0.481 e. The lowest BCUT2D eigenvalue weighted by molar-refractivity contribution is -0.146. The molecule has 0 aromatic heterocycles. The van der Waals surface area contributed by atoms with Crippen LogP contribution < -0.4 is 0 Å². The Bertz CT molecular complexity index is 266. The molecule has 70 valence electrons. The molecule has 0 saturated carbocycles. The van der Waals surface area contributed by atoms with Crippen molar-refractivity contribution in [3.05, 3.63) is 12.2 Å². The maximum absolute atomic E-state index is 11.2. The number of ether oxygens (including phenoxy) is 1. The second-order valence-electron chi connectivity index (χ2n) is 3.45. The molecule has 2 bridgehead atoms. The summed E-state index contributed by atoms with van der Waals surface area (Å²) in [6.45, 7) is 1.42. The zero-order valence-electron chi connectivity index (χ0n) is 7.14. The normalized spacial score (nSPS) is 41.0. The van der Waals surface area contributed by atoms with Crippen molar-refractivity contribution in [1.82, 2.24) is 0 Å². The maximum Gasteiger partial charge on any atom is 0.310 e. The second-order valence-corrected chi connectivity index (χ2v) is 3.45. The molecule has 0 aliphatic carbocycles. The third kappa shape index (κ3) is 1.09. The fourth-order valence-corrected chi connectivity index (χ4v) is 2.09. The highest BCUT2D eigenvalue weighted by Crippen LogP contribution is 2.39. The van der Waals surface area contributed by atoms with Crippen molar-refractivity contribution in [3.63, 3.8) is 0 Å². The molecule has 0 aromatic carbocycles. The van der Waals surface area contributed by atoms with E-state index in [-0.39, 0.29) is 11.9 Å². The average molecular weight is 182 g/mol. The summed E-state index contributed by atoms with van der Waals surface area (Å²) < 4.78 is 5.31. The minimum Gasteiger partial charge on any atom is -0.481 e. The van der Waals surface area contributed by atoms with Crippen LogP contribution >= 0.6 is 0 Å². The van der Waals surface area contributed by atoms with Gasteiger partial charge in [-0.1, -0.05) is 12.2 Å². The van der Waals surface area contributed by atoms with Crippen molar-refractivity contribution >= 4 is 11.8 Å². The fourth-order valence-electron chi connectivity index (χ4n) is 2.09. The number of ketones is 1. The Morgan fingerprint density at radius 1 is 1.23 bits per heavy atom. The summed E-state index contributed by atoms with van der Waals surface area (Å²) in [4.78, 5) is 22.0. The van der Waals surface area contributed by atoms with E-state index in [0.29, 0.717) is 0 Å². The number of Topliss-reactive ketones (excluding diaryl/α,β-unsaturated/α-hetero) is 1.